The molecule has 0 N–H and O–H groups in total. The van der Waals surface area contributed by atoms with Gasteiger partial charge >= 0.3 is 0 Å². The van der Waals surface area contributed by atoms with E-state index in [0.717, 1.165) is 11.3 Å². The van der Waals surface area contributed by atoms with E-state index < -0.39 is 0 Å². The Morgan fingerprint density at radius 1 is 1.00 bits per heavy atom. The van der Waals surface area contributed by atoms with E-state index in [1.165, 1.54) is 17.7 Å². The monoisotopic (exact) mass is 253 g/mol. The standard InChI is InChI=1S/C17H16FN/c1-17(2,3)14-10-11-19-16(12-14)9-6-13-4-7-15(18)8-5-13/h4-5,7-8,10-12H,1-3H3. The third-order valence-corrected chi connectivity index (χ3v) is 2.81. The highest BCUT2D eigenvalue weighted by Crippen LogP contribution is 2.21. The summed E-state index contributed by atoms with van der Waals surface area (Å²) in [6.07, 6.45) is 1.77. The van der Waals surface area contributed by atoms with Gasteiger partial charge in [-0.05, 0) is 53.3 Å². The Labute approximate surface area is 113 Å². The number of hydrogen-bond acceptors (Lipinski definition) is 1. The highest BCUT2D eigenvalue weighted by atomic mass is 19.1. The van der Waals surface area contributed by atoms with E-state index in [1.807, 2.05) is 12.1 Å². The number of pyridine rings is 1. The molecule has 0 atom stereocenters. The molecule has 0 bridgehead atoms. The van der Waals surface area contributed by atoms with Crippen molar-refractivity contribution in [1.29, 1.82) is 0 Å². The molecule has 1 aromatic carbocycles. The quantitative estimate of drug-likeness (QED) is 0.648. The lowest BCUT2D eigenvalue weighted by molar-refractivity contribution is 0.589. The van der Waals surface area contributed by atoms with E-state index in [1.54, 1.807) is 18.3 Å². The van der Waals surface area contributed by atoms with Crippen molar-refractivity contribution in [3.8, 4) is 11.8 Å². The van der Waals surface area contributed by atoms with Crippen molar-refractivity contribution < 1.29 is 4.39 Å². The van der Waals surface area contributed by atoms with Crippen molar-refractivity contribution in [3.63, 3.8) is 0 Å². The fourth-order valence-corrected chi connectivity index (χ4v) is 1.63. The summed E-state index contributed by atoms with van der Waals surface area (Å²) in [5, 5.41) is 0. The van der Waals surface area contributed by atoms with Gasteiger partial charge in [0, 0.05) is 11.8 Å². The largest absolute Gasteiger partial charge is 0.248 e. The minimum atomic E-state index is -0.251. The molecule has 0 saturated heterocycles. The smallest absolute Gasteiger partial charge is 0.123 e. The molecule has 0 unspecified atom stereocenters. The van der Waals surface area contributed by atoms with Gasteiger partial charge in [0.25, 0.3) is 0 Å². The van der Waals surface area contributed by atoms with Crippen molar-refractivity contribution in [2.24, 2.45) is 0 Å². The Morgan fingerprint density at radius 2 is 1.68 bits per heavy atom. The molecule has 2 heteroatoms. The van der Waals surface area contributed by atoms with E-state index in [9.17, 15) is 4.39 Å². The van der Waals surface area contributed by atoms with Crippen LogP contribution in [0, 0.1) is 17.7 Å². The van der Waals surface area contributed by atoms with Gasteiger partial charge in [0.15, 0.2) is 0 Å². The number of benzene rings is 1. The van der Waals surface area contributed by atoms with Crippen LogP contribution in [0.1, 0.15) is 37.6 Å². The zero-order chi connectivity index (χ0) is 13.9. The van der Waals surface area contributed by atoms with Crippen LogP contribution in [0.3, 0.4) is 0 Å². The molecule has 1 heterocycles. The molecule has 96 valence electrons. The molecule has 1 aromatic heterocycles. The lowest BCUT2D eigenvalue weighted by Crippen LogP contribution is -2.11. The van der Waals surface area contributed by atoms with E-state index in [-0.39, 0.29) is 11.2 Å². The topological polar surface area (TPSA) is 12.9 Å². The maximum absolute atomic E-state index is 12.8. The molecule has 0 fully saturated rings. The normalized spacial score (nSPS) is 10.7. The van der Waals surface area contributed by atoms with Gasteiger partial charge in [0.1, 0.15) is 11.5 Å². The summed E-state index contributed by atoms with van der Waals surface area (Å²) < 4.78 is 12.8. The van der Waals surface area contributed by atoms with Crippen LogP contribution in [0.5, 0.6) is 0 Å². The minimum Gasteiger partial charge on any atom is -0.248 e. The average molecular weight is 253 g/mol. The molecule has 0 saturated carbocycles. The molecular formula is C17H16FN. The van der Waals surface area contributed by atoms with Crippen molar-refractivity contribution in [1.82, 2.24) is 4.98 Å². The summed E-state index contributed by atoms with van der Waals surface area (Å²) in [6, 6.07) is 10.1. The zero-order valence-electron chi connectivity index (χ0n) is 11.4. The van der Waals surface area contributed by atoms with E-state index in [4.69, 9.17) is 0 Å². The van der Waals surface area contributed by atoms with Crippen LogP contribution >= 0.6 is 0 Å². The van der Waals surface area contributed by atoms with Crippen LogP contribution in [-0.2, 0) is 5.41 Å². The molecule has 1 nitrogen and oxygen atoms in total. The molecule has 0 aliphatic heterocycles. The van der Waals surface area contributed by atoms with Gasteiger partial charge in [0.05, 0.1) is 0 Å². The van der Waals surface area contributed by atoms with Gasteiger partial charge in [-0.2, -0.15) is 0 Å². The first kappa shape index (κ1) is 13.3. The van der Waals surface area contributed by atoms with E-state index in [2.05, 4.69) is 37.6 Å². The summed E-state index contributed by atoms with van der Waals surface area (Å²) in [7, 11) is 0. The van der Waals surface area contributed by atoms with Gasteiger partial charge in [0.2, 0.25) is 0 Å². The SMILES string of the molecule is CC(C)(C)c1ccnc(C#Cc2ccc(F)cc2)c1. The predicted molar refractivity (Wildman–Crippen MR) is 75.3 cm³/mol. The molecular weight excluding hydrogens is 237 g/mol. The van der Waals surface area contributed by atoms with E-state index >= 15 is 0 Å². The lowest BCUT2D eigenvalue weighted by Gasteiger charge is -2.18. The average Bonchev–Trinajstić information content (AvgIpc) is 2.37. The highest BCUT2D eigenvalue weighted by Gasteiger charge is 2.13. The minimum absolute atomic E-state index is 0.0786. The maximum atomic E-state index is 12.8. The van der Waals surface area contributed by atoms with Crippen molar-refractivity contribution in [2.75, 3.05) is 0 Å². The predicted octanol–water partition coefficient (Wildman–Crippen LogP) is 3.92. The van der Waals surface area contributed by atoms with Gasteiger partial charge in [-0.15, -0.1) is 0 Å². The molecule has 2 aromatic rings. The Bertz CT molecular complexity index is 625. The number of halogens is 1. The van der Waals surface area contributed by atoms with Gasteiger partial charge in [-0.25, -0.2) is 9.37 Å². The molecule has 0 aliphatic rings. The van der Waals surface area contributed by atoms with Crippen molar-refractivity contribution in [3.05, 3.63) is 65.2 Å². The summed E-state index contributed by atoms with van der Waals surface area (Å²) in [5.41, 5.74) is 2.79. The van der Waals surface area contributed by atoms with Crippen LogP contribution in [-0.4, -0.2) is 4.98 Å². The Kier molecular flexibility index (Phi) is 3.66. The van der Waals surface area contributed by atoms with Crippen molar-refractivity contribution in [2.45, 2.75) is 26.2 Å². The van der Waals surface area contributed by atoms with Crippen molar-refractivity contribution >= 4 is 0 Å². The molecule has 2 rings (SSSR count). The number of hydrogen-bond donors (Lipinski definition) is 0. The van der Waals surface area contributed by atoms with E-state index in [0.29, 0.717) is 0 Å². The summed E-state index contributed by atoms with van der Waals surface area (Å²) >= 11 is 0. The Morgan fingerprint density at radius 3 is 2.32 bits per heavy atom. The highest BCUT2D eigenvalue weighted by molar-refractivity contribution is 5.41. The van der Waals surface area contributed by atoms with Gasteiger partial charge < -0.3 is 0 Å². The molecule has 0 amide bonds. The summed E-state index contributed by atoms with van der Waals surface area (Å²) in [5.74, 6) is 5.75. The third kappa shape index (κ3) is 3.66. The van der Waals surface area contributed by atoms with Crippen LogP contribution in [0.4, 0.5) is 4.39 Å². The third-order valence-electron chi connectivity index (χ3n) is 2.81. The van der Waals surface area contributed by atoms with Gasteiger partial charge in [-0.3, -0.25) is 0 Å². The number of rotatable bonds is 0. The molecule has 0 spiro atoms. The fraction of sp³-hybridized carbons (Fsp3) is 0.235. The summed E-state index contributed by atoms with van der Waals surface area (Å²) in [4.78, 5) is 4.24. The fourth-order valence-electron chi connectivity index (χ4n) is 1.63. The van der Waals surface area contributed by atoms with Crippen LogP contribution < -0.4 is 0 Å². The lowest BCUT2D eigenvalue weighted by atomic mass is 9.87. The first-order chi connectivity index (χ1) is 8.95. The zero-order valence-corrected chi connectivity index (χ0v) is 11.4. The van der Waals surface area contributed by atoms with Crippen LogP contribution in [0.25, 0.3) is 0 Å². The molecule has 0 aliphatic carbocycles. The second-order valence-electron chi connectivity index (χ2n) is 5.44. The first-order valence-electron chi connectivity index (χ1n) is 6.19. The molecule has 19 heavy (non-hydrogen) atoms. The first-order valence-corrected chi connectivity index (χ1v) is 6.19. The van der Waals surface area contributed by atoms with Gasteiger partial charge in [-0.1, -0.05) is 26.7 Å². The Balaban J connectivity index is 2.27. The second-order valence-corrected chi connectivity index (χ2v) is 5.44. The molecule has 0 radical (unpaired) electrons. The Hall–Kier alpha value is -2.14. The number of nitrogens with zero attached hydrogens (tertiary/aromatic N) is 1. The summed E-state index contributed by atoms with van der Waals surface area (Å²) in [6.45, 7) is 6.46. The van der Waals surface area contributed by atoms with Crippen LogP contribution in [0.2, 0.25) is 0 Å². The second kappa shape index (κ2) is 5.24. The maximum Gasteiger partial charge on any atom is 0.123 e. The van der Waals surface area contributed by atoms with Crippen LogP contribution in [0.15, 0.2) is 42.6 Å². The number of aromatic nitrogens is 1.